The molecule has 4 nitrogen and oxygen atoms in total. The van der Waals surface area contributed by atoms with Gasteiger partial charge in [0.1, 0.15) is 0 Å². The van der Waals surface area contributed by atoms with Gasteiger partial charge in [0, 0.05) is 38.8 Å². The van der Waals surface area contributed by atoms with Gasteiger partial charge in [0.15, 0.2) is 5.96 Å². The highest BCUT2D eigenvalue weighted by atomic mass is 127. The zero-order valence-corrected chi connectivity index (χ0v) is 18.2. The molecule has 8 heteroatoms. The number of hydrogen-bond donors (Lipinski definition) is 2. The highest BCUT2D eigenvalue weighted by molar-refractivity contribution is 14.0. The Morgan fingerprint density at radius 3 is 2.52 bits per heavy atom. The number of halogens is 4. The maximum atomic E-state index is 13.1. The van der Waals surface area contributed by atoms with Crippen LogP contribution in [0.15, 0.2) is 29.3 Å². The summed E-state index contributed by atoms with van der Waals surface area (Å²) in [6.45, 7) is 4.53. The number of benzene rings is 1. The van der Waals surface area contributed by atoms with Gasteiger partial charge in [-0.25, -0.2) is 0 Å². The number of nitrogens with zero attached hydrogens (tertiary/aromatic N) is 1. The molecule has 0 unspecified atom stereocenters. The Morgan fingerprint density at radius 1 is 1.22 bits per heavy atom. The molecule has 27 heavy (non-hydrogen) atoms. The minimum absolute atomic E-state index is 0. The molecule has 1 aliphatic heterocycles. The molecule has 0 saturated carbocycles. The summed E-state index contributed by atoms with van der Waals surface area (Å²) in [7, 11) is 1.70. The Morgan fingerprint density at radius 2 is 1.93 bits per heavy atom. The van der Waals surface area contributed by atoms with Crippen molar-refractivity contribution in [3.8, 4) is 0 Å². The normalized spacial score (nSPS) is 17.1. The van der Waals surface area contributed by atoms with E-state index in [9.17, 15) is 13.2 Å². The molecule has 0 atom stereocenters. The molecule has 1 fully saturated rings. The molecule has 0 bridgehead atoms. The molecule has 1 aliphatic rings. The van der Waals surface area contributed by atoms with E-state index in [0.29, 0.717) is 44.1 Å². The van der Waals surface area contributed by atoms with Crippen molar-refractivity contribution >= 4 is 29.9 Å². The van der Waals surface area contributed by atoms with E-state index in [1.807, 2.05) is 0 Å². The predicted octanol–water partition coefficient (Wildman–Crippen LogP) is 4.34. The van der Waals surface area contributed by atoms with Gasteiger partial charge in [0.25, 0.3) is 0 Å². The number of rotatable bonds is 6. The molecule has 2 N–H and O–H groups in total. The second kappa shape index (κ2) is 11.1. The highest BCUT2D eigenvalue weighted by Crippen LogP contribution is 2.37. The first-order valence-electron chi connectivity index (χ1n) is 9.11. The summed E-state index contributed by atoms with van der Waals surface area (Å²) in [4.78, 5) is 4.21. The molecular formula is C19H29F3IN3O. The maximum absolute atomic E-state index is 13.1. The first kappa shape index (κ1) is 24.0. The molecule has 1 heterocycles. The molecule has 0 aromatic heterocycles. The van der Waals surface area contributed by atoms with Crippen molar-refractivity contribution in [2.24, 2.45) is 4.99 Å². The SMILES string of the molecule is CCCCNC(=NC)NCC1(c2cccc(C(F)(F)F)c2)CCOCC1.I. The van der Waals surface area contributed by atoms with Gasteiger partial charge in [-0.3, -0.25) is 4.99 Å². The van der Waals surface area contributed by atoms with E-state index < -0.39 is 17.2 Å². The fourth-order valence-corrected chi connectivity index (χ4v) is 3.21. The van der Waals surface area contributed by atoms with E-state index in [1.54, 1.807) is 13.1 Å². The van der Waals surface area contributed by atoms with E-state index in [-0.39, 0.29) is 24.0 Å². The van der Waals surface area contributed by atoms with Crippen LogP contribution < -0.4 is 10.6 Å². The molecule has 1 aromatic carbocycles. The second-order valence-electron chi connectivity index (χ2n) is 6.68. The average Bonchev–Trinajstić information content (AvgIpc) is 2.65. The molecule has 2 rings (SSSR count). The molecule has 0 amide bonds. The Bertz CT molecular complexity index is 602. The van der Waals surface area contributed by atoms with Crippen LogP contribution in [0, 0.1) is 0 Å². The Hall–Kier alpha value is -1.03. The van der Waals surface area contributed by atoms with Crippen molar-refractivity contribution in [1.82, 2.24) is 10.6 Å². The second-order valence-corrected chi connectivity index (χ2v) is 6.68. The lowest BCUT2D eigenvalue weighted by molar-refractivity contribution is -0.137. The average molecular weight is 499 g/mol. The van der Waals surface area contributed by atoms with E-state index in [4.69, 9.17) is 4.74 Å². The number of ether oxygens (including phenoxy) is 1. The van der Waals surface area contributed by atoms with Gasteiger partial charge in [0.05, 0.1) is 5.56 Å². The fraction of sp³-hybridized carbons (Fsp3) is 0.632. The molecular weight excluding hydrogens is 470 g/mol. The summed E-state index contributed by atoms with van der Waals surface area (Å²) < 4.78 is 44.9. The van der Waals surface area contributed by atoms with Crippen molar-refractivity contribution in [1.29, 1.82) is 0 Å². The minimum atomic E-state index is -4.34. The number of aliphatic imine (C=N–C) groups is 1. The summed E-state index contributed by atoms with van der Waals surface area (Å²) >= 11 is 0. The number of unbranched alkanes of at least 4 members (excludes halogenated alkanes) is 1. The van der Waals surface area contributed by atoms with Crippen LogP contribution in [0.5, 0.6) is 0 Å². The first-order chi connectivity index (χ1) is 12.4. The molecule has 0 aliphatic carbocycles. The maximum Gasteiger partial charge on any atom is 0.416 e. The van der Waals surface area contributed by atoms with Crippen LogP contribution in [-0.2, 0) is 16.3 Å². The van der Waals surface area contributed by atoms with Crippen LogP contribution in [0.25, 0.3) is 0 Å². The standard InChI is InChI=1S/C19H28F3N3O.HI/c1-3-4-10-24-17(23-2)25-14-18(8-11-26-12-9-18)15-6-5-7-16(13-15)19(20,21)22;/h5-7,13H,3-4,8-12,14H2,1-2H3,(H2,23,24,25);1H. The third-order valence-electron chi connectivity index (χ3n) is 4.89. The lowest BCUT2D eigenvalue weighted by Gasteiger charge is -2.38. The summed E-state index contributed by atoms with van der Waals surface area (Å²) in [5, 5.41) is 6.54. The lowest BCUT2D eigenvalue weighted by Crippen LogP contribution is -2.48. The Labute approximate surface area is 176 Å². The van der Waals surface area contributed by atoms with Crippen molar-refractivity contribution in [2.75, 3.05) is 33.4 Å². The van der Waals surface area contributed by atoms with E-state index >= 15 is 0 Å². The third-order valence-corrected chi connectivity index (χ3v) is 4.89. The van der Waals surface area contributed by atoms with E-state index in [1.165, 1.54) is 12.1 Å². The van der Waals surface area contributed by atoms with Crippen LogP contribution >= 0.6 is 24.0 Å². The topological polar surface area (TPSA) is 45.7 Å². The monoisotopic (exact) mass is 499 g/mol. The van der Waals surface area contributed by atoms with Crippen LogP contribution in [0.1, 0.15) is 43.7 Å². The number of hydrogen-bond acceptors (Lipinski definition) is 2. The van der Waals surface area contributed by atoms with Gasteiger partial charge in [-0.1, -0.05) is 31.5 Å². The number of guanidine groups is 1. The molecule has 1 saturated heterocycles. The summed E-state index contributed by atoms with van der Waals surface area (Å²) in [6, 6.07) is 5.68. The quantitative estimate of drug-likeness (QED) is 0.265. The van der Waals surface area contributed by atoms with E-state index in [0.717, 1.165) is 25.5 Å². The largest absolute Gasteiger partial charge is 0.416 e. The van der Waals surface area contributed by atoms with Gasteiger partial charge in [-0.2, -0.15) is 13.2 Å². The van der Waals surface area contributed by atoms with Crippen LogP contribution in [0.3, 0.4) is 0 Å². The third kappa shape index (κ3) is 6.81. The van der Waals surface area contributed by atoms with Crippen molar-refractivity contribution in [2.45, 2.75) is 44.2 Å². The highest BCUT2D eigenvalue weighted by Gasteiger charge is 2.37. The molecule has 1 aromatic rings. The van der Waals surface area contributed by atoms with Crippen LogP contribution in [0.2, 0.25) is 0 Å². The zero-order chi connectivity index (χ0) is 19.0. The van der Waals surface area contributed by atoms with Gasteiger partial charge in [-0.15, -0.1) is 24.0 Å². The number of alkyl halides is 3. The minimum Gasteiger partial charge on any atom is -0.381 e. The summed E-state index contributed by atoms with van der Waals surface area (Å²) in [5.74, 6) is 0.677. The van der Waals surface area contributed by atoms with Crippen molar-refractivity contribution in [3.05, 3.63) is 35.4 Å². The van der Waals surface area contributed by atoms with Crippen molar-refractivity contribution < 1.29 is 17.9 Å². The predicted molar refractivity (Wildman–Crippen MR) is 113 cm³/mol. The lowest BCUT2D eigenvalue weighted by atomic mass is 9.73. The van der Waals surface area contributed by atoms with Crippen LogP contribution in [-0.4, -0.2) is 39.3 Å². The Balaban J connectivity index is 0.00000364. The first-order valence-corrected chi connectivity index (χ1v) is 9.11. The smallest absolute Gasteiger partial charge is 0.381 e. The molecule has 154 valence electrons. The van der Waals surface area contributed by atoms with Gasteiger partial charge in [0.2, 0.25) is 0 Å². The zero-order valence-electron chi connectivity index (χ0n) is 15.9. The van der Waals surface area contributed by atoms with Gasteiger partial charge >= 0.3 is 6.18 Å². The fourth-order valence-electron chi connectivity index (χ4n) is 3.21. The summed E-state index contributed by atoms with van der Waals surface area (Å²) in [5.41, 5.74) is -0.305. The Kier molecular flexibility index (Phi) is 9.86. The number of nitrogens with one attached hydrogen (secondary N) is 2. The van der Waals surface area contributed by atoms with Crippen LogP contribution in [0.4, 0.5) is 13.2 Å². The van der Waals surface area contributed by atoms with Gasteiger partial charge < -0.3 is 15.4 Å². The van der Waals surface area contributed by atoms with Crippen molar-refractivity contribution in [3.63, 3.8) is 0 Å². The molecule has 0 spiro atoms. The molecule has 0 radical (unpaired) electrons. The van der Waals surface area contributed by atoms with E-state index in [2.05, 4.69) is 22.5 Å². The van der Waals surface area contributed by atoms with Gasteiger partial charge in [-0.05, 0) is 30.9 Å². The summed E-state index contributed by atoms with van der Waals surface area (Å²) in [6.07, 6.45) is -0.878.